The molecular formula is C16H21Cl2NO3. The predicted octanol–water partition coefficient (Wildman–Crippen LogP) is 3.54. The van der Waals surface area contributed by atoms with E-state index in [9.17, 15) is 4.79 Å². The standard InChI is InChI=1S/C16H21Cl2NO3/c1-21-16(20)6-7-19(11-13-3-2-8-22-13)10-12-4-5-14(17)15(18)9-12/h4-5,9,13H,2-3,6-8,10-11H2,1H3. The minimum atomic E-state index is -0.202. The highest BCUT2D eigenvalue weighted by atomic mass is 35.5. The van der Waals surface area contributed by atoms with Crippen LogP contribution in [0.2, 0.25) is 10.0 Å². The zero-order valence-electron chi connectivity index (χ0n) is 12.7. The number of hydrogen-bond donors (Lipinski definition) is 0. The molecule has 4 nitrogen and oxygen atoms in total. The molecule has 1 fully saturated rings. The number of carbonyl (C=O) groups is 1. The van der Waals surface area contributed by atoms with E-state index in [4.69, 9.17) is 32.7 Å². The number of methoxy groups -OCH3 is 1. The SMILES string of the molecule is COC(=O)CCN(Cc1ccc(Cl)c(Cl)c1)CC1CCCO1. The molecule has 1 aromatic carbocycles. The Labute approximate surface area is 141 Å². The van der Waals surface area contributed by atoms with Crippen LogP contribution in [-0.4, -0.2) is 43.8 Å². The number of halogens is 2. The minimum absolute atomic E-state index is 0.202. The molecule has 2 rings (SSSR count). The van der Waals surface area contributed by atoms with Gasteiger partial charge in [0.25, 0.3) is 0 Å². The van der Waals surface area contributed by atoms with Crippen LogP contribution in [-0.2, 0) is 20.8 Å². The van der Waals surface area contributed by atoms with Crippen molar-refractivity contribution in [3.63, 3.8) is 0 Å². The van der Waals surface area contributed by atoms with Gasteiger partial charge >= 0.3 is 5.97 Å². The van der Waals surface area contributed by atoms with Crippen LogP contribution in [0.1, 0.15) is 24.8 Å². The molecule has 0 spiro atoms. The summed E-state index contributed by atoms with van der Waals surface area (Å²) in [7, 11) is 1.41. The molecule has 0 aliphatic carbocycles. The molecule has 0 saturated carbocycles. The molecule has 1 aromatic rings. The average molecular weight is 346 g/mol. The van der Waals surface area contributed by atoms with Crippen LogP contribution in [0.5, 0.6) is 0 Å². The van der Waals surface area contributed by atoms with E-state index in [0.717, 1.165) is 31.6 Å². The van der Waals surface area contributed by atoms with Gasteiger partial charge < -0.3 is 9.47 Å². The number of hydrogen-bond acceptors (Lipinski definition) is 4. The van der Waals surface area contributed by atoms with Gasteiger partial charge in [0.15, 0.2) is 0 Å². The van der Waals surface area contributed by atoms with Gasteiger partial charge in [-0.25, -0.2) is 0 Å². The summed E-state index contributed by atoms with van der Waals surface area (Å²) < 4.78 is 10.4. The quantitative estimate of drug-likeness (QED) is 0.708. The van der Waals surface area contributed by atoms with Crippen molar-refractivity contribution in [3.05, 3.63) is 33.8 Å². The Hall–Kier alpha value is -0.810. The first-order valence-corrected chi connectivity index (χ1v) is 8.19. The van der Waals surface area contributed by atoms with Crippen molar-refractivity contribution in [3.8, 4) is 0 Å². The summed E-state index contributed by atoms with van der Waals surface area (Å²) >= 11 is 12.0. The normalized spacial score (nSPS) is 17.9. The summed E-state index contributed by atoms with van der Waals surface area (Å²) in [5.74, 6) is -0.202. The van der Waals surface area contributed by atoms with E-state index in [1.807, 2.05) is 12.1 Å². The highest BCUT2D eigenvalue weighted by Gasteiger charge is 2.20. The maximum atomic E-state index is 11.4. The zero-order chi connectivity index (χ0) is 15.9. The summed E-state index contributed by atoms with van der Waals surface area (Å²) in [6.07, 6.45) is 2.77. The third kappa shape index (κ3) is 5.43. The average Bonchev–Trinajstić information content (AvgIpc) is 3.01. The van der Waals surface area contributed by atoms with Gasteiger partial charge in [0.05, 0.1) is 29.7 Å². The fourth-order valence-corrected chi connectivity index (χ4v) is 2.88. The molecule has 0 aromatic heterocycles. The lowest BCUT2D eigenvalue weighted by Crippen LogP contribution is -2.33. The predicted molar refractivity (Wildman–Crippen MR) is 87.3 cm³/mol. The molecular weight excluding hydrogens is 325 g/mol. The molecule has 0 N–H and O–H groups in total. The Morgan fingerprint density at radius 2 is 2.23 bits per heavy atom. The molecule has 1 saturated heterocycles. The van der Waals surface area contributed by atoms with Gasteiger partial charge in [-0.3, -0.25) is 9.69 Å². The monoisotopic (exact) mass is 345 g/mol. The molecule has 1 atom stereocenters. The molecule has 0 bridgehead atoms. The molecule has 1 heterocycles. The van der Waals surface area contributed by atoms with E-state index >= 15 is 0 Å². The lowest BCUT2D eigenvalue weighted by molar-refractivity contribution is -0.141. The minimum Gasteiger partial charge on any atom is -0.469 e. The Morgan fingerprint density at radius 1 is 1.41 bits per heavy atom. The number of nitrogens with zero attached hydrogens (tertiary/aromatic N) is 1. The summed E-state index contributed by atoms with van der Waals surface area (Å²) in [5.41, 5.74) is 1.07. The molecule has 1 unspecified atom stereocenters. The van der Waals surface area contributed by atoms with Crippen molar-refractivity contribution in [2.24, 2.45) is 0 Å². The van der Waals surface area contributed by atoms with Gasteiger partial charge in [-0.2, -0.15) is 0 Å². The molecule has 6 heteroatoms. The summed E-state index contributed by atoms with van der Waals surface area (Å²) in [5, 5.41) is 1.09. The van der Waals surface area contributed by atoms with E-state index in [0.29, 0.717) is 29.6 Å². The molecule has 1 aliphatic heterocycles. The van der Waals surface area contributed by atoms with Crippen LogP contribution in [0, 0.1) is 0 Å². The van der Waals surface area contributed by atoms with Crippen LogP contribution in [0.25, 0.3) is 0 Å². The fourth-order valence-electron chi connectivity index (χ4n) is 2.56. The highest BCUT2D eigenvalue weighted by Crippen LogP contribution is 2.24. The van der Waals surface area contributed by atoms with E-state index in [-0.39, 0.29) is 12.1 Å². The topological polar surface area (TPSA) is 38.8 Å². The van der Waals surface area contributed by atoms with Crippen LogP contribution in [0.3, 0.4) is 0 Å². The number of rotatable bonds is 7. The smallest absolute Gasteiger partial charge is 0.306 e. The summed E-state index contributed by atoms with van der Waals surface area (Å²) in [4.78, 5) is 13.6. The van der Waals surface area contributed by atoms with Crippen molar-refractivity contribution in [1.82, 2.24) is 4.90 Å². The Morgan fingerprint density at radius 3 is 2.86 bits per heavy atom. The molecule has 0 radical (unpaired) electrons. The number of esters is 1. The lowest BCUT2D eigenvalue weighted by Gasteiger charge is -2.25. The largest absolute Gasteiger partial charge is 0.469 e. The second-order valence-corrected chi connectivity index (χ2v) is 6.26. The highest BCUT2D eigenvalue weighted by molar-refractivity contribution is 6.42. The first-order chi connectivity index (χ1) is 10.6. The van der Waals surface area contributed by atoms with Gasteiger partial charge in [0.1, 0.15) is 0 Å². The Balaban J connectivity index is 1.98. The summed E-state index contributed by atoms with van der Waals surface area (Å²) in [6, 6.07) is 5.61. The second kappa shape index (κ2) is 8.73. The Bertz CT molecular complexity index is 504. The van der Waals surface area contributed by atoms with E-state index in [2.05, 4.69) is 4.90 Å². The third-order valence-electron chi connectivity index (χ3n) is 3.74. The van der Waals surface area contributed by atoms with Crippen LogP contribution in [0.4, 0.5) is 0 Å². The summed E-state index contributed by atoms with van der Waals surface area (Å²) in [6.45, 7) is 2.96. The number of ether oxygens (including phenoxy) is 2. The van der Waals surface area contributed by atoms with Gasteiger partial charge in [-0.05, 0) is 30.5 Å². The Kier molecular flexibility index (Phi) is 6.96. The van der Waals surface area contributed by atoms with Gasteiger partial charge in [0.2, 0.25) is 0 Å². The molecule has 0 amide bonds. The van der Waals surface area contributed by atoms with Gasteiger partial charge in [-0.15, -0.1) is 0 Å². The van der Waals surface area contributed by atoms with Crippen LogP contribution in [0.15, 0.2) is 18.2 Å². The molecule has 1 aliphatic rings. The fraction of sp³-hybridized carbons (Fsp3) is 0.562. The van der Waals surface area contributed by atoms with Gasteiger partial charge in [-0.1, -0.05) is 29.3 Å². The van der Waals surface area contributed by atoms with Crippen molar-refractivity contribution in [2.75, 3.05) is 26.8 Å². The van der Waals surface area contributed by atoms with E-state index in [1.165, 1.54) is 7.11 Å². The van der Waals surface area contributed by atoms with Crippen molar-refractivity contribution >= 4 is 29.2 Å². The lowest BCUT2D eigenvalue weighted by atomic mass is 10.1. The van der Waals surface area contributed by atoms with Crippen LogP contribution < -0.4 is 0 Å². The molecule has 122 valence electrons. The molecule has 22 heavy (non-hydrogen) atoms. The van der Waals surface area contributed by atoms with Crippen molar-refractivity contribution in [2.45, 2.75) is 31.9 Å². The third-order valence-corrected chi connectivity index (χ3v) is 4.47. The second-order valence-electron chi connectivity index (χ2n) is 5.44. The van der Waals surface area contributed by atoms with Crippen molar-refractivity contribution in [1.29, 1.82) is 0 Å². The first kappa shape index (κ1) is 17.5. The first-order valence-electron chi connectivity index (χ1n) is 7.43. The number of benzene rings is 1. The van der Waals surface area contributed by atoms with Crippen molar-refractivity contribution < 1.29 is 14.3 Å². The van der Waals surface area contributed by atoms with E-state index in [1.54, 1.807) is 6.07 Å². The zero-order valence-corrected chi connectivity index (χ0v) is 14.2. The maximum Gasteiger partial charge on any atom is 0.306 e. The maximum absolute atomic E-state index is 11.4. The van der Waals surface area contributed by atoms with E-state index < -0.39 is 0 Å². The number of carbonyl (C=O) groups excluding carboxylic acids is 1. The van der Waals surface area contributed by atoms with Crippen LogP contribution >= 0.6 is 23.2 Å². The van der Waals surface area contributed by atoms with Gasteiger partial charge in [0, 0.05) is 26.2 Å².